The molecule has 12 heteroatoms. The van der Waals surface area contributed by atoms with E-state index in [4.69, 9.17) is 0 Å². The molecular weight excluding hydrogens is 398 g/mol. The van der Waals surface area contributed by atoms with Crippen molar-refractivity contribution >= 4 is 27.5 Å². The fraction of sp³-hybridized carbons (Fsp3) is 0.529. The molecule has 158 valence electrons. The Morgan fingerprint density at radius 3 is 2.41 bits per heavy atom. The molecule has 1 aliphatic rings. The van der Waals surface area contributed by atoms with Gasteiger partial charge in [-0.3, -0.25) is 19.4 Å². The van der Waals surface area contributed by atoms with Gasteiger partial charge in [-0.2, -0.15) is 10.2 Å². The molecule has 1 fully saturated rings. The molecule has 1 aliphatic heterocycles. The predicted molar refractivity (Wildman–Crippen MR) is 106 cm³/mol. The van der Waals surface area contributed by atoms with Crippen LogP contribution in [0.5, 0.6) is 0 Å². The highest BCUT2D eigenvalue weighted by molar-refractivity contribution is 7.88. The number of hydrogen-bond donors (Lipinski definition) is 3. The van der Waals surface area contributed by atoms with E-state index in [9.17, 15) is 18.0 Å². The molecule has 2 aromatic rings. The number of aromatic nitrogens is 4. The van der Waals surface area contributed by atoms with Crippen molar-refractivity contribution in [2.45, 2.75) is 32.7 Å². The van der Waals surface area contributed by atoms with E-state index in [1.165, 1.54) is 16.8 Å². The van der Waals surface area contributed by atoms with E-state index in [-0.39, 0.29) is 23.3 Å². The molecule has 0 bridgehead atoms. The molecule has 0 saturated carbocycles. The van der Waals surface area contributed by atoms with Gasteiger partial charge < -0.3 is 10.6 Å². The Kier molecular flexibility index (Phi) is 5.75. The minimum Gasteiger partial charge on any atom is -0.348 e. The highest BCUT2D eigenvalue weighted by Crippen LogP contribution is 2.19. The van der Waals surface area contributed by atoms with Gasteiger partial charge in [0.15, 0.2) is 0 Å². The summed E-state index contributed by atoms with van der Waals surface area (Å²) in [6, 6.07) is -0.157. The third kappa shape index (κ3) is 4.48. The van der Waals surface area contributed by atoms with Gasteiger partial charge in [-0.15, -0.1) is 0 Å². The minimum atomic E-state index is -3.22. The average Bonchev–Trinajstić information content (AvgIpc) is 3.19. The van der Waals surface area contributed by atoms with E-state index in [0.29, 0.717) is 42.9 Å². The maximum atomic E-state index is 12.7. The van der Waals surface area contributed by atoms with Crippen LogP contribution in [-0.4, -0.2) is 69.9 Å². The number of amides is 2. The lowest BCUT2D eigenvalue weighted by molar-refractivity contribution is 0.0919. The highest BCUT2D eigenvalue weighted by atomic mass is 32.2. The van der Waals surface area contributed by atoms with Gasteiger partial charge in [-0.25, -0.2) is 12.7 Å². The van der Waals surface area contributed by atoms with Crippen molar-refractivity contribution in [3.05, 3.63) is 28.8 Å². The first-order valence-corrected chi connectivity index (χ1v) is 11.0. The number of carbonyl (C=O) groups excluding carboxylic acids is 2. The number of rotatable bonds is 5. The summed E-state index contributed by atoms with van der Waals surface area (Å²) in [5, 5.41) is 16.3. The van der Waals surface area contributed by atoms with E-state index < -0.39 is 15.9 Å². The van der Waals surface area contributed by atoms with Crippen LogP contribution in [0.3, 0.4) is 0 Å². The third-order valence-electron chi connectivity index (χ3n) is 5.11. The first kappa shape index (κ1) is 21.0. The molecule has 2 aromatic heterocycles. The Labute approximate surface area is 168 Å². The van der Waals surface area contributed by atoms with Crippen molar-refractivity contribution in [2.24, 2.45) is 7.05 Å². The Morgan fingerprint density at radius 2 is 1.86 bits per heavy atom. The van der Waals surface area contributed by atoms with E-state index >= 15 is 0 Å². The molecule has 3 N–H and O–H groups in total. The van der Waals surface area contributed by atoms with E-state index in [1.54, 1.807) is 25.6 Å². The van der Waals surface area contributed by atoms with Crippen molar-refractivity contribution in [1.82, 2.24) is 29.6 Å². The number of aromatic amines is 1. The number of anilines is 1. The number of sulfonamides is 1. The number of nitrogens with zero attached hydrogens (tertiary/aromatic N) is 4. The first-order valence-electron chi connectivity index (χ1n) is 9.18. The first-order chi connectivity index (χ1) is 13.6. The van der Waals surface area contributed by atoms with Crippen LogP contribution in [0.25, 0.3) is 0 Å². The lowest BCUT2D eigenvalue weighted by Gasteiger charge is -2.30. The fourth-order valence-electron chi connectivity index (χ4n) is 3.43. The second-order valence-electron chi connectivity index (χ2n) is 7.19. The van der Waals surface area contributed by atoms with Gasteiger partial charge in [-0.1, -0.05) is 0 Å². The Balaban J connectivity index is 1.65. The topological polar surface area (TPSA) is 142 Å². The van der Waals surface area contributed by atoms with Crippen LogP contribution in [0.15, 0.2) is 6.20 Å². The summed E-state index contributed by atoms with van der Waals surface area (Å²) in [5.74, 6) is -0.778. The second-order valence-corrected chi connectivity index (χ2v) is 9.17. The Morgan fingerprint density at radius 1 is 1.21 bits per heavy atom. The zero-order valence-corrected chi connectivity index (χ0v) is 17.6. The van der Waals surface area contributed by atoms with Gasteiger partial charge in [0.25, 0.3) is 11.8 Å². The highest BCUT2D eigenvalue weighted by Gasteiger charge is 2.27. The lowest BCUT2D eigenvalue weighted by Crippen LogP contribution is -2.46. The molecule has 2 amide bonds. The molecule has 3 heterocycles. The minimum absolute atomic E-state index is 0.142. The largest absolute Gasteiger partial charge is 0.348 e. The maximum Gasteiger partial charge on any atom is 0.271 e. The van der Waals surface area contributed by atoms with Crippen LogP contribution >= 0.6 is 0 Å². The summed E-state index contributed by atoms with van der Waals surface area (Å²) in [6.07, 6.45) is 3.59. The number of H-pyrrole nitrogens is 1. The lowest BCUT2D eigenvalue weighted by atomic mass is 10.1. The second kappa shape index (κ2) is 7.95. The van der Waals surface area contributed by atoms with Crippen molar-refractivity contribution in [1.29, 1.82) is 0 Å². The summed E-state index contributed by atoms with van der Waals surface area (Å²) in [5.41, 5.74) is 2.17. The van der Waals surface area contributed by atoms with Gasteiger partial charge in [0, 0.05) is 31.9 Å². The molecule has 0 aliphatic carbocycles. The summed E-state index contributed by atoms with van der Waals surface area (Å²) >= 11 is 0. The summed E-state index contributed by atoms with van der Waals surface area (Å²) < 4.78 is 26.2. The zero-order chi connectivity index (χ0) is 21.3. The molecule has 0 unspecified atom stereocenters. The van der Waals surface area contributed by atoms with Gasteiger partial charge in [-0.05, 0) is 26.7 Å². The van der Waals surface area contributed by atoms with Crippen LogP contribution in [0, 0.1) is 13.8 Å². The molecule has 3 rings (SSSR count). The third-order valence-corrected chi connectivity index (χ3v) is 6.41. The van der Waals surface area contributed by atoms with Gasteiger partial charge in [0.1, 0.15) is 5.69 Å². The van der Waals surface area contributed by atoms with Crippen LogP contribution in [-0.2, 0) is 17.1 Å². The quantitative estimate of drug-likeness (QED) is 0.626. The van der Waals surface area contributed by atoms with Crippen molar-refractivity contribution in [3.63, 3.8) is 0 Å². The smallest absolute Gasteiger partial charge is 0.271 e. The zero-order valence-electron chi connectivity index (χ0n) is 16.8. The molecular formula is C17H25N7O4S. The van der Waals surface area contributed by atoms with Gasteiger partial charge >= 0.3 is 0 Å². The summed E-state index contributed by atoms with van der Waals surface area (Å²) in [4.78, 5) is 25.3. The number of piperidine rings is 1. The molecule has 11 nitrogen and oxygen atoms in total. The maximum absolute atomic E-state index is 12.7. The molecule has 1 saturated heterocycles. The van der Waals surface area contributed by atoms with E-state index in [0.717, 1.165) is 0 Å². The van der Waals surface area contributed by atoms with Crippen molar-refractivity contribution < 1.29 is 18.0 Å². The fourth-order valence-corrected chi connectivity index (χ4v) is 4.30. The number of nitrogens with one attached hydrogen (secondary N) is 3. The van der Waals surface area contributed by atoms with Crippen LogP contribution in [0.4, 0.5) is 5.69 Å². The van der Waals surface area contributed by atoms with Crippen molar-refractivity contribution in [3.8, 4) is 0 Å². The predicted octanol–water partition coefficient (Wildman–Crippen LogP) is 0.166. The summed E-state index contributed by atoms with van der Waals surface area (Å²) in [6.45, 7) is 4.25. The van der Waals surface area contributed by atoms with E-state index in [2.05, 4.69) is 25.9 Å². The van der Waals surface area contributed by atoms with Gasteiger partial charge in [0.2, 0.25) is 10.0 Å². The Bertz CT molecular complexity index is 1030. The van der Waals surface area contributed by atoms with Crippen LogP contribution in [0.2, 0.25) is 0 Å². The molecule has 0 spiro atoms. The monoisotopic (exact) mass is 423 g/mol. The van der Waals surface area contributed by atoms with E-state index in [1.807, 2.05) is 0 Å². The normalized spacial score (nSPS) is 16.0. The summed E-state index contributed by atoms with van der Waals surface area (Å²) in [7, 11) is -1.47. The van der Waals surface area contributed by atoms with Gasteiger partial charge in [0.05, 0.1) is 29.4 Å². The Hall–Kier alpha value is -2.73. The van der Waals surface area contributed by atoms with Crippen molar-refractivity contribution in [2.75, 3.05) is 24.7 Å². The van der Waals surface area contributed by atoms with Crippen LogP contribution in [0.1, 0.15) is 45.1 Å². The molecule has 0 aromatic carbocycles. The standard InChI is InChI=1S/C17H25N7O4S/c1-10-14(11(2)23(3)22-10)16(25)20-13-9-18-21-15(13)17(26)19-12-5-7-24(8-6-12)29(4,27)28/h9,12H,5-8H2,1-4H3,(H,18,21)(H,19,26)(H,20,25). The molecule has 0 radical (unpaired) electrons. The van der Waals surface area contributed by atoms with Crippen LogP contribution < -0.4 is 10.6 Å². The molecule has 29 heavy (non-hydrogen) atoms. The average molecular weight is 423 g/mol. The molecule has 0 atom stereocenters. The SMILES string of the molecule is Cc1nn(C)c(C)c1C(=O)Nc1cn[nH]c1C(=O)NC1CCN(S(C)(=O)=O)CC1. The number of carbonyl (C=O) groups is 2. The number of aryl methyl sites for hydroxylation is 2. The number of hydrogen-bond acceptors (Lipinski definition) is 6.